The van der Waals surface area contributed by atoms with Crippen LogP contribution in [0.25, 0.3) is 0 Å². The number of carbonyl (C=O) groups excluding carboxylic acids is 1. The van der Waals surface area contributed by atoms with Crippen molar-refractivity contribution in [3.05, 3.63) is 23.8 Å². The van der Waals surface area contributed by atoms with Gasteiger partial charge in [0.05, 0.1) is 13.7 Å². The molecular weight excluding hydrogens is 344 g/mol. The van der Waals surface area contributed by atoms with Gasteiger partial charge < -0.3 is 14.8 Å². The predicted molar refractivity (Wildman–Crippen MR) is 92.2 cm³/mol. The Hall–Kier alpha value is -1.64. The monoisotopic (exact) mass is 368 g/mol. The van der Waals surface area contributed by atoms with Crippen LogP contribution in [-0.2, 0) is 14.8 Å². The lowest BCUT2D eigenvalue weighted by Crippen LogP contribution is -2.33. The van der Waals surface area contributed by atoms with E-state index in [1.54, 1.807) is 6.07 Å². The molecule has 1 saturated heterocycles. The molecule has 3 rings (SSSR count). The second kappa shape index (κ2) is 7.72. The predicted octanol–water partition coefficient (Wildman–Crippen LogP) is 1.29. The third kappa shape index (κ3) is 4.71. The minimum atomic E-state index is -3.71. The molecule has 1 amide bonds. The Balaban J connectivity index is 1.72. The fourth-order valence-electron chi connectivity index (χ4n) is 2.82. The van der Waals surface area contributed by atoms with Crippen molar-refractivity contribution in [2.45, 2.75) is 36.6 Å². The highest BCUT2D eigenvalue weighted by atomic mass is 32.2. The number of benzene rings is 1. The second-order valence-corrected chi connectivity index (χ2v) is 8.24. The van der Waals surface area contributed by atoms with Crippen molar-refractivity contribution in [1.29, 1.82) is 0 Å². The van der Waals surface area contributed by atoms with Crippen LogP contribution in [0.2, 0.25) is 0 Å². The van der Waals surface area contributed by atoms with Gasteiger partial charge in [-0.15, -0.1) is 0 Å². The summed E-state index contributed by atoms with van der Waals surface area (Å²) >= 11 is 0. The maximum Gasteiger partial charge on any atom is 0.251 e. The average Bonchev–Trinajstić information content (AvgIpc) is 3.43. The highest BCUT2D eigenvalue weighted by molar-refractivity contribution is 7.89. The summed E-state index contributed by atoms with van der Waals surface area (Å²) in [5.41, 5.74) is 0.300. The van der Waals surface area contributed by atoms with Gasteiger partial charge in [0.15, 0.2) is 0 Å². The zero-order valence-electron chi connectivity index (χ0n) is 14.3. The van der Waals surface area contributed by atoms with E-state index in [4.69, 9.17) is 9.47 Å². The summed E-state index contributed by atoms with van der Waals surface area (Å²) in [6, 6.07) is 4.44. The largest absolute Gasteiger partial charge is 0.495 e. The van der Waals surface area contributed by atoms with Crippen molar-refractivity contribution in [1.82, 2.24) is 10.0 Å². The molecule has 25 heavy (non-hydrogen) atoms. The second-order valence-electron chi connectivity index (χ2n) is 6.55. The van der Waals surface area contributed by atoms with Crippen LogP contribution in [0.3, 0.4) is 0 Å². The van der Waals surface area contributed by atoms with E-state index in [9.17, 15) is 13.2 Å². The van der Waals surface area contributed by atoms with Crippen molar-refractivity contribution < 1.29 is 22.7 Å². The van der Waals surface area contributed by atoms with Gasteiger partial charge in [-0.05, 0) is 49.8 Å². The van der Waals surface area contributed by atoms with E-state index >= 15 is 0 Å². The Kier molecular flexibility index (Phi) is 5.61. The van der Waals surface area contributed by atoms with Crippen LogP contribution in [0.15, 0.2) is 23.1 Å². The number of amides is 1. The summed E-state index contributed by atoms with van der Waals surface area (Å²) in [5, 5.41) is 2.86. The first-order chi connectivity index (χ1) is 12.0. The molecule has 1 aromatic rings. The van der Waals surface area contributed by atoms with Crippen LogP contribution < -0.4 is 14.8 Å². The minimum Gasteiger partial charge on any atom is -0.495 e. The van der Waals surface area contributed by atoms with Crippen molar-refractivity contribution in [3.8, 4) is 5.75 Å². The summed E-state index contributed by atoms with van der Waals surface area (Å²) < 4.78 is 38.2. The molecule has 0 bridgehead atoms. The molecule has 1 aliphatic heterocycles. The molecule has 2 fully saturated rings. The maximum absolute atomic E-state index is 12.5. The minimum absolute atomic E-state index is 0.00412. The van der Waals surface area contributed by atoms with E-state index in [2.05, 4.69) is 10.0 Å². The lowest BCUT2D eigenvalue weighted by atomic mass is 10.0. The van der Waals surface area contributed by atoms with Gasteiger partial charge in [0.2, 0.25) is 10.0 Å². The highest BCUT2D eigenvalue weighted by Gasteiger charge is 2.30. The zero-order valence-corrected chi connectivity index (χ0v) is 15.1. The number of carbonyl (C=O) groups is 1. The Labute approximate surface area is 148 Å². The van der Waals surface area contributed by atoms with Gasteiger partial charge in [-0.2, -0.15) is 0 Å². The summed E-state index contributed by atoms with van der Waals surface area (Å²) in [4.78, 5) is 12.4. The standard InChI is InChI=1S/C17H24N2O5S/c1-23-15-7-4-13(9-16(15)25(21,22)19-14-5-6-14)17(20)18-10-12-3-2-8-24-11-12/h4,7,9,12,14,19H,2-3,5-6,8,10-11H2,1H3,(H,18,20)/t12-/m1/s1. The molecule has 138 valence electrons. The smallest absolute Gasteiger partial charge is 0.251 e. The first kappa shape index (κ1) is 18.2. The van der Waals surface area contributed by atoms with E-state index in [-0.39, 0.29) is 22.6 Å². The summed E-state index contributed by atoms with van der Waals surface area (Å²) in [6.07, 6.45) is 3.70. The van der Waals surface area contributed by atoms with E-state index in [1.807, 2.05) is 0 Å². The molecule has 1 saturated carbocycles. The van der Waals surface area contributed by atoms with Crippen LogP contribution >= 0.6 is 0 Å². The molecule has 0 radical (unpaired) electrons. The van der Waals surface area contributed by atoms with Crippen molar-refractivity contribution in [2.75, 3.05) is 26.9 Å². The van der Waals surface area contributed by atoms with Gasteiger partial charge in [0.1, 0.15) is 10.6 Å². The molecule has 0 unspecified atom stereocenters. The first-order valence-electron chi connectivity index (χ1n) is 8.56. The van der Waals surface area contributed by atoms with Crippen molar-refractivity contribution in [3.63, 3.8) is 0 Å². The number of hydrogen-bond acceptors (Lipinski definition) is 5. The fraction of sp³-hybridized carbons (Fsp3) is 0.588. The quantitative estimate of drug-likeness (QED) is 0.756. The molecule has 2 N–H and O–H groups in total. The third-order valence-corrected chi connectivity index (χ3v) is 5.96. The molecule has 1 atom stereocenters. The van der Waals surface area contributed by atoms with Gasteiger partial charge in [-0.25, -0.2) is 13.1 Å². The zero-order chi connectivity index (χ0) is 17.9. The van der Waals surface area contributed by atoms with Crippen molar-refractivity contribution in [2.24, 2.45) is 5.92 Å². The number of ether oxygens (including phenoxy) is 2. The third-order valence-electron chi connectivity index (χ3n) is 4.42. The maximum atomic E-state index is 12.5. The van der Waals surface area contributed by atoms with Gasteiger partial charge >= 0.3 is 0 Å². The highest BCUT2D eigenvalue weighted by Crippen LogP contribution is 2.28. The Bertz CT molecular complexity index is 725. The molecular formula is C17H24N2O5S. The molecule has 8 heteroatoms. The van der Waals surface area contributed by atoms with Crippen LogP contribution in [0, 0.1) is 5.92 Å². The van der Waals surface area contributed by atoms with Crippen LogP contribution in [0.1, 0.15) is 36.0 Å². The normalized spacial score (nSPS) is 20.9. The van der Waals surface area contributed by atoms with Crippen LogP contribution in [0.5, 0.6) is 5.75 Å². The summed E-state index contributed by atoms with van der Waals surface area (Å²) in [6.45, 7) is 1.94. The van der Waals surface area contributed by atoms with E-state index in [0.29, 0.717) is 24.6 Å². The molecule has 7 nitrogen and oxygen atoms in total. The van der Waals surface area contributed by atoms with Gasteiger partial charge in [-0.1, -0.05) is 0 Å². The van der Waals surface area contributed by atoms with Crippen molar-refractivity contribution >= 4 is 15.9 Å². The van der Waals surface area contributed by atoms with E-state index in [0.717, 1.165) is 32.3 Å². The van der Waals surface area contributed by atoms with Crippen LogP contribution in [0.4, 0.5) is 0 Å². The molecule has 0 spiro atoms. The van der Waals surface area contributed by atoms with E-state index < -0.39 is 10.0 Å². The number of sulfonamides is 1. The summed E-state index contributed by atoms with van der Waals surface area (Å²) in [7, 11) is -2.30. The number of methoxy groups -OCH3 is 1. The lowest BCUT2D eigenvalue weighted by molar-refractivity contribution is 0.0536. The first-order valence-corrected chi connectivity index (χ1v) is 10.0. The Morgan fingerprint density at radius 1 is 1.32 bits per heavy atom. The number of nitrogens with one attached hydrogen (secondary N) is 2. The molecule has 0 aromatic heterocycles. The van der Waals surface area contributed by atoms with Gasteiger partial charge in [0, 0.05) is 24.8 Å². The molecule has 1 heterocycles. The average molecular weight is 368 g/mol. The molecule has 1 aliphatic carbocycles. The van der Waals surface area contributed by atoms with Crippen LogP contribution in [-0.4, -0.2) is 47.2 Å². The number of rotatable bonds is 7. The Morgan fingerprint density at radius 2 is 2.12 bits per heavy atom. The van der Waals surface area contributed by atoms with Gasteiger partial charge in [0.25, 0.3) is 5.91 Å². The molecule has 2 aliphatic rings. The Morgan fingerprint density at radius 3 is 2.76 bits per heavy atom. The van der Waals surface area contributed by atoms with E-state index in [1.165, 1.54) is 19.2 Å². The summed E-state index contributed by atoms with van der Waals surface area (Å²) in [5.74, 6) is 0.233. The molecule has 1 aromatic carbocycles. The van der Waals surface area contributed by atoms with Gasteiger partial charge in [-0.3, -0.25) is 4.79 Å². The lowest BCUT2D eigenvalue weighted by Gasteiger charge is -2.22. The SMILES string of the molecule is COc1ccc(C(=O)NC[C@H]2CCCOC2)cc1S(=O)(=O)NC1CC1. The topological polar surface area (TPSA) is 93.7 Å². The fourth-order valence-corrected chi connectivity index (χ4v) is 4.32. The number of hydrogen-bond donors (Lipinski definition) is 2.